The van der Waals surface area contributed by atoms with Gasteiger partial charge in [-0.2, -0.15) is 5.26 Å². The number of nitrogens with one attached hydrogen (secondary N) is 1. The van der Waals surface area contributed by atoms with Crippen LogP contribution in [-0.2, 0) is 32.3 Å². The molecule has 1 fully saturated rings. The topological polar surface area (TPSA) is 158 Å². The third-order valence-corrected chi connectivity index (χ3v) is 11.7. The highest BCUT2D eigenvalue weighted by molar-refractivity contribution is 7.57. The van der Waals surface area contributed by atoms with E-state index in [1.165, 1.54) is 36.9 Å². The van der Waals surface area contributed by atoms with Crippen LogP contribution in [0.2, 0.25) is 0 Å². The molecule has 1 aromatic rings. The maximum absolute atomic E-state index is 13.0. The number of nitrogens with zero attached hydrogens (tertiary/aromatic N) is 4. The summed E-state index contributed by atoms with van der Waals surface area (Å²) in [4.78, 5) is 29.2. The Kier molecular flexibility index (Phi) is 16.8. The van der Waals surface area contributed by atoms with Gasteiger partial charge in [-0.25, -0.2) is 4.79 Å². The average molecular weight is 676 g/mol. The Labute approximate surface area is 268 Å². The molecule has 1 aliphatic rings. The van der Waals surface area contributed by atoms with E-state index in [9.17, 15) is 19.4 Å². The van der Waals surface area contributed by atoms with Gasteiger partial charge in [-0.3, -0.25) is 23.6 Å². The van der Waals surface area contributed by atoms with Crippen LogP contribution in [0, 0.1) is 17.2 Å². The van der Waals surface area contributed by atoms with Crippen LogP contribution in [0.1, 0.15) is 47.3 Å². The number of aromatic amines is 1. The number of aromatic nitrogens is 2. The summed E-state index contributed by atoms with van der Waals surface area (Å²) in [6, 6.07) is 3.62. The van der Waals surface area contributed by atoms with Crippen LogP contribution >= 0.6 is 15.9 Å². The lowest BCUT2D eigenvalue weighted by Gasteiger charge is -2.43. The largest absolute Gasteiger partial charge is 0.378 e. The van der Waals surface area contributed by atoms with E-state index in [0.717, 1.165) is 6.54 Å². The first-order chi connectivity index (χ1) is 21.3. The highest BCUT2D eigenvalue weighted by Gasteiger charge is 2.51. The van der Waals surface area contributed by atoms with Crippen LogP contribution in [0.4, 0.5) is 0 Å². The molecule has 6 atom stereocenters. The predicted molar refractivity (Wildman–Crippen MR) is 173 cm³/mol. The van der Waals surface area contributed by atoms with Gasteiger partial charge in [-0.05, 0) is 47.9 Å². The lowest BCUT2D eigenvalue weighted by molar-refractivity contribution is -0.0740. The van der Waals surface area contributed by atoms with Gasteiger partial charge >= 0.3 is 13.3 Å². The summed E-state index contributed by atoms with van der Waals surface area (Å²) in [5.74, 6) is 0.903. The van der Waals surface area contributed by atoms with Crippen LogP contribution in [0.5, 0.6) is 0 Å². The maximum atomic E-state index is 13.0. The number of nitriles is 1. The van der Waals surface area contributed by atoms with E-state index < -0.39 is 51.5 Å². The van der Waals surface area contributed by atoms with Crippen molar-refractivity contribution in [2.24, 2.45) is 5.92 Å². The number of hydrogen-bond acceptors (Lipinski definition) is 12. The van der Waals surface area contributed by atoms with Crippen LogP contribution in [0.15, 0.2) is 33.7 Å². The van der Waals surface area contributed by atoms with Crippen molar-refractivity contribution in [3.05, 3.63) is 45.0 Å². The Balaban J connectivity index is 2.64. The van der Waals surface area contributed by atoms with Crippen molar-refractivity contribution in [1.82, 2.24) is 19.1 Å². The Bertz CT molecular complexity index is 1250. The second-order valence-electron chi connectivity index (χ2n) is 11.4. The molecule has 1 saturated heterocycles. The van der Waals surface area contributed by atoms with Gasteiger partial charge in [0.2, 0.25) is 0 Å². The molecule has 1 aliphatic heterocycles. The third-order valence-electron chi connectivity index (χ3n) is 7.28. The second kappa shape index (κ2) is 19.2. The number of likely N-dealkylation sites (N-methyl/N-ethyl adjacent to an activating group) is 1. The summed E-state index contributed by atoms with van der Waals surface area (Å²) < 4.78 is 52.1. The molecule has 0 saturated carbocycles. The molecule has 256 valence electrons. The number of H-pyrrole nitrogens is 1. The van der Waals surface area contributed by atoms with E-state index in [0.29, 0.717) is 13.2 Å². The van der Waals surface area contributed by atoms with Gasteiger partial charge < -0.3 is 32.7 Å². The monoisotopic (exact) mass is 675 g/mol. The Morgan fingerprint density at radius 1 is 1.11 bits per heavy atom. The van der Waals surface area contributed by atoms with E-state index in [2.05, 4.69) is 43.4 Å². The Hall–Kier alpha value is -1.75. The molecule has 2 rings (SSSR count). The van der Waals surface area contributed by atoms with Crippen LogP contribution in [-0.4, -0.2) is 110 Å². The molecule has 1 aromatic heterocycles. The summed E-state index contributed by atoms with van der Waals surface area (Å²) in [5.41, 5.74) is -1.44. The summed E-state index contributed by atoms with van der Waals surface area (Å²) >= 11 is 0. The number of rotatable bonds is 20. The molecule has 14 nitrogen and oxygen atoms in total. The first-order valence-corrected chi connectivity index (χ1v) is 18.0. The van der Waals surface area contributed by atoms with Crippen molar-refractivity contribution in [3.8, 4) is 6.07 Å². The first-order valence-electron chi connectivity index (χ1n) is 15.1. The highest BCUT2D eigenvalue weighted by atomic mass is 31.2. The van der Waals surface area contributed by atoms with Gasteiger partial charge in [0.25, 0.3) is 5.56 Å². The molecule has 0 spiro atoms. The zero-order chi connectivity index (χ0) is 33.7. The molecular weight excluding hydrogens is 624 g/mol. The van der Waals surface area contributed by atoms with Gasteiger partial charge in [0.15, 0.2) is 6.23 Å². The Morgan fingerprint density at radius 2 is 1.78 bits per heavy atom. The SMILES string of the molecule is COP(=O)(/C=C/[C@H]1O[C@@H](n2ccc(=O)[nH]c2=O)[C@H](OCCOCCN(C)C)[C@@H]1[C@@H](C)P(OCCC#N)N(C(C)C)C(C)C)OC. The molecule has 16 heteroatoms. The van der Waals surface area contributed by atoms with Gasteiger partial charge in [0, 0.05) is 62.5 Å². The summed E-state index contributed by atoms with van der Waals surface area (Å²) in [5, 5.41) is 9.25. The molecule has 0 aliphatic carbocycles. The highest BCUT2D eigenvalue weighted by Crippen LogP contribution is 2.56. The second-order valence-corrected chi connectivity index (χ2v) is 15.7. The van der Waals surface area contributed by atoms with Crippen molar-refractivity contribution < 1.29 is 32.3 Å². The summed E-state index contributed by atoms with van der Waals surface area (Å²) in [7, 11) is 1.59. The van der Waals surface area contributed by atoms with E-state index in [1.54, 1.807) is 6.08 Å². The van der Waals surface area contributed by atoms with Crippen molar-refractivity contribution in [3.63, 3.8) is 0 Å². The molecule has 0 bridgehead atoms. The standard InChI is InChI=1S/C29H51N5O9P2/c1-21(2)34(22(3)4)44(42-16-10-13-30)23(5)26-24(12-20-45(37,38-8)39-9)43-28(33-14-11-25(35)31-29(33)36)27(26)41-19-18-40-17-15-32(6)7/h11-12,14,20-24,26-28H,10,15-19H2,1-9H3,(H,31,35,36)/b20-12+/t23-,24-,26-,27-,28-,44?/m1/s1. The van der Waals surface area contributed by atoms with Gasteiger partial charge in [-0.1, -0.05) is 6.92 Å². The summed E-state index contributed by atoms with van der Waals surface area (Å²) in [6.07, 6.45) is 0.821. The fourth-order valence-electron chi connectivity index (χ4n) is 5.23. The van der Waals surface area contributed by atoms with E-state index >= 15 is 0 Å². The summed E-state index contributed by atoms with van der Waals surface area (Å²) in [6.45, 7) is 12.4. The van der Waals surface area contributed by atoms with Crippen LogP contribution in [0.25, 0.3) is 0 Å². The van der Waals surface area contributed by atoms with Crippen molar-refractivity contribution in [2.45, 2.75) is 77.2 Å². The fourth-order valence-corrected chi connectivity index (χ4v) is 8.62. The van der Waals surface area contributed by atoms with E-state index in [-0.39, 0.29) is 37.4 Å². The molecule has 45 heavy (non-hydrogen) atoms. The van der Waals surface area contributed by atoms with Crippen LogP contribution < -0.4 is 11.2 Å². The smallest absolute Gasteiger partial charge is 0.353 e. The fraction of sp³-hybridized carbons (Fsp3) is 0.759. The van der Waals surface area contributed by atoms with Gasteiger partial charge in [-0.15, -0.1) is 0 Å². The molecule has 1 unspecified atom stereocenters. The average Bonchev–Trinajstić information content (AvgIpc) is 3.34. The van der Waals surface area contributed by atoms with E-state index in [4.69, 9.17) is 27.8 Å². The molecule has 0 amide bonds. The van der Waals surface area contributed by atoms with E-state index in [1.807, 2.05) is 25.9 Å². The van der Waals surface area contributed by atoms with Crippen molar-refractivity contribution >= 4 is 15.9 Å². The zero-order valence-electron chi connectivity index (χ0n) is 28.0. The lowest BCUT2D eigenvalue weighted by atomic mass is 9.94. The minimum absolute atomic E-state index is 0.112. The molecular formula is C29H51N5O9P2. The van der Waals surface area contributed by atoms with Crippen molar-refractivity contribution in [2.75, 3.05) is 61.3 Å². The lowest BCUT2D eigenvalue weighted by Crippen LogP contribution is -2.43. The molecule has 0 radical (unpaired) electrons. The molecule has 2 heterocycles. The van der Waals surface area contributed by atoms with Gasteiger partial charge in [0.05, 0.1) is 45.0 Å². The maximum Gasteiger partial charge on any atom is 0.353 e. The Morgan fingerprint density at radius 3 is 2.33 bits per heavy atom. The quantitative estimate of drug-likeness (QED) is 0.158. The van der Waals surface area contributed by atoms with Crippen molar-refractivity contribution in [1.29, 1.82) is 5.26 Å². The number of hydrogen-bond donors (Lipinski definition) is 1. The molecule has 0 aromatic carbocycles. The number of ether oxygens (including phenoxy) is 3. The third kappa shape index (κ3) is 11.5. The normalized spacial score (nSPS) is 22.2. The first kappa shape index (κ1) is 39.4. The molecule has 1 N–H and O–H groups in total. The van der Waals surface area contributed by atoms with Gasteiger partial charge in [0.1, 0.15) is 14.4 Å². The minimum atomic E-state index is -3.57. The predicted octanol–water partition coefficient (Wildman–Crippen LogP) is 3.76. The van der Waals surface area contributed by atoms with Crippen LogP contribution in [0.3, 0.4) is 0 Å². The minimum Gasteiger partial charge on any atom is -0.378 e. The zero-order valence-corrected chi connectivity index (χ0v) is 29.7.